The van der Waals surface area contributed by atoms with Gasteiger partial charge < -0.3 is 19.6 Å². The number of amides is 1. The maximum Gasteiger partial charge on any atom is 0.239 e. The molecule has 23 heavy (non-hydrogen) atoms. The van der Waals surface area contributed by atoms with Crippen LogP contribution in [0.15, 0.2) is 24.3 Å². The molecule has 1 N–H and O–H groups in total. The number of carbonyl (C=O) groups excluding carboxylic acids is 1. The molecule has 1 aromatic carbocycles. The van der Waals surface area contributed by atoms with Gasteiger partial charge in [0.05, 0.1) is 19.3 Å². The minimum Gasteiger partial charge on any atom is -0.508 e. The van der Waals surface area contributed by atoms with E-state index in [4.69, 9.17) is 4.74 Å². The van der Waals surface area contributed by atoms with E-state index in [1.54, 1.807) is 12.1 Å². The van der Waals surface area contributed by atoms with E-state index in [0.29, 0.717) is 26.3 Å². The summed E-state index contributed by atoms with van der Waals surface area (Å²) in [4.78, 5) is 19.0. The molecule has 3 rings (SSSR count). The third-order valence-electron chi connectivity index (χ3n) is 4.76. The SMILES string of the molecule is CC(C(=O)N1CCOCC1)N1CCN(c2ccc(O)cc2)CC1. The molecule has 2 heterocycles. The minimum absolute atomic E-state index is 0.0740. The summed E-state index contributed by atoms with van der Waals surface area (Å²) in [6.45, 7) is 8.24. The number of aromatic hydroxyl groups is 1. The first-order chi connectivity index (χ1) is 11.1. The first kappa shape index (κ1) is 16.1. The van der Waals surface area contributed by atoms with Crippen molar-refractivity contribution in [3.8, 4) is 5.75 Å². The smallest absolute Gasteiger partial charge is 0.239 e. The van der Waals surface area contributed by atoms with Gasteiger partial charge in [-0.25, -0.2) is 0 Å². The number of ether oxygens (including phenoxy) is 1. The largest absolute Gasteiger partial charge is 0.508 e. The monoisotopic (exact) mass is 319 g/mol. The van der Waals surface area contributed by atoms with Crippen LogP contribution in [0.1, 0.15) is 6.92 Å². The standard InChI is InChI=1S/C17H25N3O3/c1-14(17(22)20-10-12-23-13-11-20)18-6-8-19(9-7-18)15-2-4-16(21)5-3-15/h2-5,14,21H,6-13H2,1H3. The van der Waals surface area contributed by atoms with Crippen LogP contribution in [-0.4, -0.2) is 79.3 Å². The highest BCUT2D eigenvalue weighted by Gasteiger charge is 2.29. The van der Waals surface area contributed by atoms with Gasteiger partial charge >= 0.3 is 0 Å². The first-order valence-electron chi connectivity index (χ1n) is 8.30. The number of hydrogen-bond acceptors (Lipinski definition) is 5. The molecule has 0 radical (unpaired) electrons. The Morgan fingerprint density at radius 2 is 1.65 bits per heavy atom. The average molecular weight is 319 g/mol. The van der Waals surface area contributed by atoms with Gasteiger partial charge in [0.15, 0.2) is 0 Å². The molecule has 1 atom stereocenters. The minimum atomic E-state index is -0.0740. The van der Waals surface area contributed by atoms with Crippen LogP contribution in [-0.2, 0) is 9.53 Å². The molecule has 126 valence electrons. The number of rotatable bonds is 3. The summed E-state index contributed by atoms with van der Waals surface area (Å²) in [6, 6.07) is 7.23. The Balaban J connectivity index is 1.53. The number of morpholine rings is 1. The molecule has 0 saturated carbocycles. The van der Waals surface area contributed by atoms with E-state index >= 15 is 0 Å². The topological polar surface area (TPSA) is 56.2 Å². The summed E-state index contributed by atoms with van der Waals surface area (Å²) in [6.07, 6.45) is 0. The van der Waals surface area contributed by atoms with Gasteiger partial charge in [-0.15, -0.1) is 0 Å². The molecule has 6 nitrogen and oxygen atoms in total. The fourth-order valence-corrected chi connectivity index (χ4v) is 3.24. The van der Waals surface area contributed by atoms with Crippen LogP contribution < -0.4 is 4.90 Å². The molecule has 2 aliphatic heterocycles. The lowest BCUT2D eigenvalue weighted by Gasteiger charge is -2.40. The average Bonchev–Trinajstić information content (AvgIpc) is 2.62. The lowest BCUT2D eigenvalue weighted by molar-refractivity contribution is -0.140. The molecule has 2 aliphatic rings. The molecule has 2 saturated heterocycles. The molecule has 0 aliphatic carbocycles. The Bertz CT molecular complexity index is 520. The summed E-state index contributed by atoms with van der Waals surface area (Å²) < 4.78 is 5.31. The van der Waals surface area contributed by atoms with Gasteiger partial charge in [0, 0.05) is 45.0 Å². The Hall–Kier alpha value is -1.79. The Kier molecular flexibility index (Phi) is 5.03. The van der Waals surface area contributed by atoms with Crippen molar-refractivity contribution in [1.29, 1.82) is 0 Å². The van der Waals surface area contributed by atoms with Gasteiger partial charge in [0.25, 0.3) is 0 Å². The molecule has 1 unspecified atom stereocenters. The van der Waals surface area contributed by atoms with Crippen LogP contribution in [0, 0.1) is 0 Å². The molecule has 6 heteroatoms. The molecule has 1 aromatic rings. The van der Waals surface area contributed by atoms with Crippen molar-refractivity contribution in [3.05, 3.63) is 24.3 Å². The highest BCUT2D eigenvalue weighted by molar-refractivity contribution is 5.81. The third kappa shape index (κ3) is 3.76. The fourth-order valence-electron chi connectivity index (χ4n) is 3.24. The van der Waals surface area contributed by atoms with Gasteiger partial charge in [0.2, 0.25) is 5.91 Å². The van der Waals surface area contributed by atoms with Crippen LogP contribution in [0.25, 0.3) is 0 Å². The van der Waals surface area contributed by atoms with E-state index in [2.05, 4.69) is 9.80 Å². The van der Waals surface area contributed by atoms with Gasteiger partial charge in [-0.2, -0.15) is 0 Å². The Labute approximate surface area is 137 Å². The van der Waals surface area contributed by atoms with Crippen molar-refractivity contribution in [3.63, 3.8) is 0 Å². The zero-order valence-corrected chi connectivity index (χ0v) is 13.6. The van der Waals surface area contributed by atoms with Crippen LogP contribution in [0.4, 0.5) is 5.69 Å². The second-order valence-corrected chi connectivity index (χ2v) is 6.15. The fraction of sp³-hybridized carbons (Fsp3) is 0.588. The van der Waals surface area contributed by atoms with Gasteiger partial charge in [-0.3, -0.25) is 9.69 Å². The predicted octanol–water partition coefficient (Wildman–Crippen LogP) is 0.761. The summed E-state index contributed by atoms with van der Waals surface area (Å²) >= 11 is 0. The number of phenols is 1. The predicted molar refractivity (Wildman–Crippen MR) is 88.8 cm³/mol. The van der Waals surface area contributed by atoms with Crippen molar-refractivity contribution >= 4 is 11.6 Å². The highest BCUT2D eigenvalue weighted by atomic mass is 16.5. The first-order valence-corrected chi connectivity index (χ1v) is 8.30. The number of nitrogens with zero attached hydrogens (tertiary/aromatic N) is 3. The van der Waals surface area contributed by atoms with Crippen molar-refractivity contribution in [2.24, 2.45) is 0 Å². The van der Waals surface area contributed by atoms with Crippen LogP contribution >= 0.6 is 0 Å². The zero-order valence-electron chi connectivity index (χ0n) is 13.6. The van der Waals surface area contributed by atoms with Crippen molar-refractivity contribution < 1.29 is 14.6 Å². The number of benzene rings is 1. The maximum atomic E-state index is 12.6. The van der Waals surface area contributed by atoms with E-state index in [1.807, 2.05) is 24.0 Å². The number of hydrogen-bond donors (Lipinski definition) is 1. The molecule has 1 amide bonds. The van der Waals surface area contributed by atoms with E-state index in [0.717, 1.165) is 31.9 Å². The second-order valence-electron chi connectivity index (χ2n) is 6.15. The molecule has 0 aromatic heterocycles. The van der Waals surface area contributed by atoms with E-state index in [-0.39, 0.29) is 17.7 Å². The van der Waals surface area contributed by atoms with Gasteiger partial charge in [-0.1, -0.05) is 0 Å². The number of phenolic OH excluding ortho intramolecular Hbond substituents is 1. The van der Waals surface area contributed by atoms with E-state index < -0.39 is 0 Å². The Morgan fingerprint density at radius 3 is 2.26 bits per heavy atom. The number of carbonyl (C=O) groups is 1. The van der Waals surface area contributed by atoms with E-state index in [1.165, 1.54) is 0 Å². The lowest BCUT2D eigenvalue weighted by atomic mass is 10.1. The van der Waals surface area contributed by atoms with Gasteiger partial charge in [0.1, 0.15) is 5.75 Å². The summed E-state index contributed by atoms with van der Waals surface area (Å²) in [5.41, 5.74) is 1.12. The molecular formula is C17H25N3O3. The second kappa shape index (κ2) is 7.19. The maximum absolute atomic E-state index is 12.6. The summed E-state index contributed by atoms with van der Waals surface area (Å²) in [5.74, 6) is 0.503. The van der Waals surface area contributed by atoms with Crippen LogP contribution in [0.2, 0.25) is 0 Å². The quantitative estimate of drug-likeness (QED) is 0.891. The zero-order chi connectivity index (χ0) is 16.2. The van der Waals surface area contributed by atoms with E-state index in [9.17, 15) is 9.90 Å². The third-order valence-corrected chi connectivity index (χ3v) is 4.76. The highest BCUT2D eigenvalue weighted by Crippen LogP contribution is 2.20. The molecule has 0 spiro atoms. The van der Waals surface area contributed by atoms with Crippen LogP contribution in [0.3, 0.4) is 0 Å². The Morgan fingerprint density at radius 1 is 1.04 bits per heavy atom. The summed E-state index contributed by atoms with van der Waals surface area (Å²) in [7, 11) is 0. The van der Waals surface area contributed by atoms with Gasteiger partial charge in [-0.05, 0) is 31.2 Å². The molecular weight excluding hydrogens is 294 g/mol. The van der Waals surface area contributed by atoms with Crippen molar-refractivity contribution in [2.75, 3.05) is 57.4 Å². The molecule has 2 fully saturated rings. The van der Waals surface area contributed by atoms with Crippen molar-refractivity contribution in [1.82, 2.24) is 9.80 Å². The molecule has 0 bridgehead atoms. The summed E-state index contributed by atoms with van der Waals surface area (Å²) in [5, 5.41) is 9.38. The number of anilines is 1. The lowest BCUT2D eigenvalue weighted by Crippen LogP contribution is -2.56. The normalized spacial score (nSPS) is 21.3. The van der Waals surface area contributed by atoms with Crippen molar-refractivity contribution in [2.45, 2.75) is 13.0 Å². The van der Waals surface area contributed by atoms with Crippen LogP contribution in [0.5, 0.6) is 5.75 Å². The number of piperazine rings is 1.